The number of amides is 1. The highest BCUT2D eigenvalue weighted by Crippen LogP contribution is 2.42. The van der Waals surface area contributed by atoms with Crippen LogP contribution in [0.4, 0.5) is 0 Å². The monoisotopic (exact) mass is 408 g/mol. The molecular weight excluding hydrogens is 392 g/mol. The van der Waals surface area contributed by atoms with Crippen molar-refractivity contribution >= 4 is 23.0 Å². The van der Waals surface area contributed by atoms with Crippen LogP contribution in [0.25, 0.3) is 5.52 Å². The van der Waals surface area contributed by atoms with E-state index in [9.17, 15) is 4.79 Å². The van der Waals surface area contributed by atoms with Crippen LogP contribution < -0.4 is 0 Å². The van der Waals surface area contributed by atoms with E-state index in [4.69, 9.17) is 21.1 Å². The van der Waals surface area contributed by atoms with E-state index < -0.39 is 6.04 Å². The van der Waals surface area contributed by atoms with E-state index in [-0.39, 0.29) is 5.91 Å². The summed E-state index contributed by atoms with van der Waals surface area (Å²) < 4.78 is 7.26. The van der Waals surface area contributed by atoms with Crippen LogP contribution in [0.3, 0.4) is 0 Å². The number of oxazole rings is 1. The number of carbonyl (C=O) groups excluding carboxylic acids is 1. The summed E-state index contributed by atoms with van der Waals surface area (Å²) in [6.07, 6.45) is 7.66. The Labute approximate surface area is 170 Å². The molecule has 5 heterocycles. The summed E-state index contributed by atoms with van der Waals surface area (Å²) in [6, 6.07) is 5.15. The molecular formula is C20H17ClN6O2. The Morgan fingerprint density at radius 1 is 1.28 bits per heavy atom. The van der Waals surface area contributed by atoms with E-state index in [0.29, 0.717) is 35.4 Å². The summed E-state index contributed by atoms with van der Waals surface area (Å²) in [5.41, 5.74) is 4.09. The molecule has 146 valence electrons. The Hall–Kier alpha value is -3.13. The zero-order chi connectivity index (χ0) is 19.5. The van der Waals surface area contributed by atoms with Crippen LogP contribution in [0, 0.1) is 0 Å². The highest BCUT2D eigenvalue weighted by molar-refractivity contribution is 6.33. The first-order valence-electron chi connectivity index (χ1n) is 9.61. The number of rotatable bonds is 3. The molecule has 1 aliphatic carbocycles. The van der Waals surface area contributed by atoms with Crippen molar-refractivity contribution in [2.24, 2.45) is 0 Å². The average molecular weight is 409 g/mol. The molecule has 29 heavy (non-hydrogen) atoms. The van der Waals surface area contributed by atoms with Crippen molar-refractivity contribution in [2.75, 3.05) is 6.54 Å². The second-order valence-electron chi connectivity index (χ2n) is 7.51. The number of hydrogen-bond donors (Lipinski definition) is 1. The molecule has 1 amide bonds. The van der Waals surface area contributed by atoms with Crippen LogP contribution in [0.15, 0.2) is 41.5 Å². The van der Waals surface area contributed by atoms with Gasteiger partial charge in [0, 0.05) is 30.8 Å². The van der Waals surface area contributed by atoms with Crippen LogP contribution in [0.5, 0.6) is 0 Å². The SMILES string of the molecule is O=C(c1ocnc1C1CC1)N1CCc2[nH]cnc2[C@H]1c1cc2c(Cl)cccn2n1. The Kier molecular flexibility index (Phi) is 3.58. The number of carbonyl (C=O) groups is 1. The number of nitrogens with zero attached hydrogens (tertiary/aromatic N) is 5. The molecule has 1 saturated carbocycles. The molecule has 1 aliphatic heterocycles. The molecule has 8 nitrogen and oxygen atoms in total. The van der Waals surface area contributed by atoms with E-state index in [2.05, 4.69) is 15.0 Å². The predicted molar refractivity (Wildman–Crippen MR) is 104 cm³/mol. The fourth-order valence-corrected chi connectivity index (χ4v) is 4.34. The second-order valence-corrected chi connectivity index (χ2v) is 7.92. The van der Waals surface area contributed by atoms with Crippen LogP contribution in [-0.4, -0.2) is 41.9 Å². The minimum absolute atomic E-state index is 0.175. The number of pyridine rings is 1. The molecule has 2 aliphatic rings. The summed E-state index contributed by atoms with van der Waals surface area (Å²) in [7, 11) is 0. The first-order chi connectivity index (χ1) is 14.2. The zero-order valence-corrected chi connectivity index (χ0v) is 16.1. The maximum Gasteiger partial charge on any atom is 0.292 e. The minimum Gasteiger partial charge on any atom is -0.438 e. The largest absolute Gasteiger partial charge is 0.438 e. The number of aromatic nitrogens is 5. The normalized spacial score (nSPS) is 18.9. The van der Waals surface area contributed by atoms with Crippen molar-refractivity contribution in [1.82, 2.24) is 29.5 Å². The van der Waals surface area contributed by atoms with Gasteiger partial charge in [0.25, 0.3) is 5.91 Å². The summed E-state index contributed by atoms with van der Waals surface area (Å²) in [6.45, 7) is 0.533. The minimum atomic E-state index is -0.425. The first-order valence-corrected chi connectivity index (χ1v) is 9.99. The molecule has 0 radical (unpaired) electrons. The van der Waals surface area contributed by atoms with Gasteiger partial charge in [-0.25, -0.2) is 14.5 Å². The summed E-state index contributed by atoms with van der Waals surface area (Å²) in [4.78, 5) is 27.3. The maximum absolute atomic E-state index is 13.5. The van der Waals surface area contributed by atoms with Crippen molar-refractivity contribution in [3.8, 4) is 0 Å². The van der Waals surface area contributed by atoms with Gasteiger partial charge in [-0.2, -0.15) is 5.10 Å². The van der Waals surface area contributed by atoms with Gasteiger partial charge < -0.3 is 14.3 Å². The Balaban J connectivity index is 1.47. The predicted octanol–water partition coefficient (Wildman–Crippen LogP) is 3.36. The number of imidazole rings is 1. The number of nitrogens with one attached hydrogen (secondary N) is 1. The van der Waals surface area contributed by atoms with Gasteiger partial charge in [0.05, 0.1) is 33.9 Å². The van der Waals surface area contributed by atoms with Crippen molar-refractivity contribution in [2.45, 2.75) is 31.2 Å². The zero-order valence-electron chi connectivity index (χ0n) is 15.4. The fraction of sp³-hybridized carbons (Fsp3) is 0.300. The lowest BCUT2D eigenvalue weighted by molar-refractivity contribution is 0.0652. The van der Waals surface area contributed by atoms with E-state index in [1.165, 1.54) is 6.39 Å². The lowest BCUT2D eigenvalue weighted by atomic mass is 9.99. The third-order valence-electron chi connectivity index (χ3n) is 5.69. The number of H-pyrrole nitrogens is 1. The highest BCUT2D eigenvalue weighted by atomic mass is 35.5. The average Bonchev–Trinajstić information content (AvgIpc) is 3.13. The third-order valence-corrected chi connectivity index (χ3v) is 6.01. The van der Waals surface area contributed by atoms with Crippen molar-refractivity contribution < 1.29 is 9.21 Å². The molecule has 9 heteroatoms. The van der Waals surface area contributed by atoms with Gasteiger partial charge in [0.2, 0.25) is 5.76 Å². The lowest BCUT2D eigenvalue weighted by Crippen LogP contribution is -2.41. The maximum atomic E-state index is 13.5. The Morgan fingerprint density at radius 3 is 3.00 bits per heavy atom. The number of aromatic amines is 1. The molecule has 0 aromatic carbocycles. The molecule has 0 unspecified atom stereocenters. The molecule has 0 saturated heterocycles. The number of fused-ring (bicyclic) bond motifs is 2. The van der Waals surface area contributed by atoms with E-state index >= 15 is 0 Å². The first kappa shape index (κ1) is 16.8. The summed E-state index contributed by atoms with van der Waals surface area (Å²) in [5, 5.41) is 5.30. The third kappa shape index (κ3) is 2.59. The summed E-state index contributed by atoms with van der Waals surface area (Å²) in [5.74, 6) is 0.482. The molecule has 0 bridgehead atoms. The molecule has 4 aromatic heterocycles. The molecule has 1 fully saturated rings. The van der Waals surface area contributed by atoms with E-state index in [1.54, 1.807) is 15.7 Å². The van der Waals surface area contributed by atoms with Crippen LogP contribution in [-0.2, 0) is 6.42 Å². The standard InChI is InChI=1S/C20H17ClN6O2/c21-12-2-1-6-27-15(12)8-14(25-27)18-17-13(22-9-23-17)5-7-26(18)20(28)19-16(11-3-4-11)24-10-29-19/h1-2,6,8-11,18H,3-5,7H2,(H,22,23)/t18-/m1/s1. The Morgan fingerprint density at radius 2 is 2.17 bits per heavy atom. The number of hydrogen-bond acceptors (Lipinski definition) is 5. The summed E-state index contributed by atoms with van der Waals surface area (Å²) >= 11 is 6.34. The molecule has 1 atom stereocenters. The molecule has 4 aromatic rings. The van der Waals surface area contributed by atoms with Crippen LogP contribution in [0.1, 0.15) is 58.1 Å². The van der Waals surface area contributed by atoms with Crippen molar-refractivity contribution in [3.05, 3.63) is 70.7 Å². The number of halogens is 1. The van der Waals surface area contributed by atoms with Gasteiger partial charge in [-0.3, -0.25) is 4.79 Å². The van der Waals surface area contributed by atoms with Gasteiger partial charge in [0.15, 0.2) is 6.39 Å². The van der Waals surface area contributed by atoms with Gasteiger partial charge in [0.1, 0.15) is 6.04 Å². The van der Waals surface area contributed by atoms with Crippen LogP contribution >= 0.6 is 11.6 Å². The van der Waals surface area contributed by atoms with Gasteiger partial charge in [-0.05, 0) is 31.0 Å². The lowest BCUT2D eigenvalue weighted by Gasteiger charge is -2.33. The van der Waals surface area contributed by atoms with Gasteiger partial charge >= 0.3 is 0 Å². The van der Waals surface area contributed by atoms with Crippen molar-refractivity contribution in [3.63, 3.8) is 0 Å². The van der Waals surface area contributed by atoms with E-state index in [0.717, 1.165) is 35.4 Å². The highest BCUT2D eigenvalue weighted by Gasteiger charge is 2.40. The Bertz CT molecular complexity index is 1240. The second kappa shape index (κ2) is 6.18. The molecule has 0 spiro atoms. The smallest absolute Gasteiger partial charge is 0.292 e. The quantitative estimate of drug-likeness (QED) is 0.561. The topological polar surface area (TPSA) is 92.3 Å². The van der Waals surface area contributed by atoms with Crippen molar-refractivity contribution in [1.29, 1.82) is 0 Å². The van der Waals surface area contributed by atoms with Gasteiger partial charge in [-0.15, -0.1) is 0 Å². The van der Waals surface area contributed by atoms with Crippen LogP contribution in [0.2, 0.25) is 5.02 Å². The van der Waals surface area contributed by atoms with E-state index in [1.807, 2.05) is 24.4 Å². The fourth-order valence-electron chi connectivity index (χ4n) is 4.12. The van der Waals surface area contributed by atoms with Gasteiger partial charge in [-0.1, -0.05) is 11.6 Å². The molecule has 6 rings (SSSR count). The molecule has 1 N–H and O–H groups in total.